The van der Waals surface area contributed by atoms with E-state index >= 15 is 0 Å². The lowest BCUT2D eigenvalue weighted by molar-refractivity contribution is -0.132. The highest BCUT2D eigenvalue weighted by atomic mass is 16.3. The van der Waals surface area contributed by atoms with Gasteiger partial charge in [0, 0.05) is 25.5 Å². The molecule has 0 saturated carbocycles. The summed E-state index contributed by atoms with van der Waals surface area (Å²) in [5.41, 5.74) is 2.81. The molecule has 4 nitrogen and oxygen atoms in total. The van der Waals surface area contributed by atoms with Crippen molar-refractivity contribution in [2.75, 3.05) is 7.05 Å². The van der Waals surface area contributed by atoms with E-state index in [9.17, 15) is 9.59 Å². The molecule has 0 N–H and O–H groups in total. The number of benzene rings is 2. The standard InChI is InChI=1S/C23H23NO3/c1-17(22-9-6-16-27-22)24(2)23(26)15-14-21(25)20-12-10-19(11-13-20)18-7-4-3-5-8-18/h3-13,16-17H,14-15H2,1-2H3. The molecule has 0 aliphatic carbocycles. The van der Waals surface area contributed by atoms with Gasteiger partial charge in [-0.15, -0.1) is 0 Å². The monoisotopic (exact) mass is 361 g/mol. The molecule has 0 fully saturated rings. The van der Waals surface area contributed by atoms with Gasteiger partial charge in [-0.2, -0.15) is 0 Å². The Labute approximate surface area is 159 Å². The number of rotatable bonds is 7. The summed E-state index contributed by atoms with van der Waals surface area (Å²) in [7, 11) is 1.73. The number of hydrogen-bond donors (Lipinski definition) is 0. The van der Waals surface area contributed by atoms with E-state index in [1.54, 1.807) is 24.3 Å². The molecule has 1 atom stereocenters. The normalized spacial score (nSPS) is 11.8. The summed E-state index contributed by atoms with van der Waals surface area (Å²) >= 11 is 0. The number of carbonyl (C=O) groups is 2. The number of carbonyl (C=O) groups excluding carboxylic acids is 2. The van der Waals surface area contributed by atoms with Crippen LogP contribution in [0, 0.1) is 0 Å². The first-order valence-electron chi connectivity index (χ1n) is 9.04. The molecule has 2 aromatic carbocycles. The molecule has 1 aromatic heterocycles. The number of amides is 1. The number of nitrogens with zero attached hydrogens (tertiary/aromatic N) is 1. The summed E-state index contributed by atoms with van der Waals surface area (Å²) in [6, 6.07) is 21.0. The fourth-order valence-corrected chi connectivity index (χ4v) is 2.96. The second-order valence-electron chi connectivity index (χ2n) is 6.56. The van der Waals surface area contributed by atoms with Crippen LogP contribution in [0.25, 0.3) is 11.1 Å². The summed E-state index contributed by atoms with van der Waals surface area (Å²) in [5.74, 6) is 0.629. The van der Waals surface area contributed by atoms with Crippen LogP contribution in [0.3, 0.4) is 0 Å². The van der Waals surface area contributed by atoms with E-state index in [2.05, 4.69) is 0 Å². The quantitative estimate of drug-likeness (QED) is 0.548. The Morgan fingerprint density at radius 3 is 2.19 bits per heavy atom. The maximum absolute atomic E-state index is 12.4. The molecule has 0 aliphatic heterocycles. The predicted octanol–water partition coefficient (Wildman–Crippen LogP) is 5.13. The Morgan fingerprint density at radius 1 is 0.889 bits per heavy atom. The maximum Gasteiger partial charge on any atom is 0.223 e. The van der Waals surface area contributed by atoms with Crippen LogP contribution in [0.4, 0.5) is 0 Å². The van der Waals surface area contributed by atoms with Gasteiger partial charge in [-0.3, -0.25) is 9.59 Å². The van der Waals surface area contributed by atoms with Crippen molar-refractivity contribution >= 4 is 11.7 Å². The Kier molecular flexibility index (Phi) is 5.87. The largest absolute Gasteiger partial charge is 0.467 e. The van der Waals surface area contributed by atoms with E-state index in [0.29, 0.717) is 5.56 Å². The van der Waals surface area contributed by atoms with Gasteiger partial charge in [-0.05, 0) is 30.2 Å². The zero-order valence-electron chi connectivity index (χ0n) is 15.6. The maximum atomic E-state index is 12.4. The first-order chi connectivity index (χ1) is 13.1. The van der Waals surface area contributed by atoms with Crippen molar-refractivity contribution < 1.29 is 14.0 Å². The Bertz CT molecular complexity index is 883. The molecule has 138 valence electrons. The van der Waals surface area contributed by atoms with E-state index in [-0.39, 0.29) is 30.6 Å². The fourth-order valence-electron chi connectivity index (χ4n) is 2.96. The van der Waals surface area contributed by atoms with Crippen molar-refractivity contribution in [1.29, 1.82) is 0 Å². The number of ketones is 1. The van der Waals surface area contributed by atoms with E-state index in [4.69, 9.17) is 4.42 Å². The second kappa shape index (κ2) is 8.49. The molecule has 0 saturated heterocycles. The number of hydrogen-bond acceptors (Lipinski definition) is 3. The van der Waals surface area contributed by atoms with Gasteiger partial charge in [-0.25, -0.2) is 0 Å². The van der Waals surface area contributed by atoms with Gasteiger partial charge in [0.15, 0.2) is 5.78 Å². The van der Waals surface area contributed by atoms with Gasteiger partial charge in [0.2, 0.25) is 5.91 Å². The smallest absolute Gasteiger partial charge is 0.223 e. The van der Waals surface area contributed by atoms with Gasteiger partial charge in [0.1, 0.15) is 5.76 Å². The lowest BCUT2D eigenvalue weighted by atomic mass is 10.0. The molecule has 0 spiro atoms. The summed E-state index contributed by atoms with van der Waals surface area (Å²) in [6.45, 7) is 1.90. The highest BCUT2D eigenvalue weighted by Crippen LogP contribution is 2.22. The van der Waals surface area contributed by atoms with Crippen molar-refractivity contribution in [1.82, 2.24) is 4.90 Å². The van der Waals surface area contributed by atoms with Crippen LogP contribution in [-0.2, 0) is 4.79 Å². The van der Waals surface area contributed by atoms with Gasteiger partial charge in [0.05, 0.1) is 12.3 Å². The molecule has 0 aliphatic rings. The molecule has 0 radical (unpaired) electrons. The van der Waals surface area contributed by atoms with Crippen LogP contribution in [-0.4, -0.2) is 23.6 Å². The summed E-state index contributed by atoms with van der Waals surface area (Å²) in [6.07, 6.45) is 1.96. The molecule has 3 aromatic rings. The minimum Gasteiger partial charge on any atom is -0.467 e. The Morgan fingerprint density at radius 2 is 1.56 bits per heavy atom. The third kappa shape index (κ3) is 4.53. The number of furan rings is 1. The van der Waals surface area contributed by atoms with Crippen LogP contribution < -0.4 is 0 Å². The van der Waals surface area contributed by atoms with Crippen molar-refractivity contribution in [3.05, 3.63) is 84.3 Å². The van der Waals surface area contributed by atoms with Crippen LogP contribution >= 0.6 is 0 Å². The zero-order chi connectivity index (χ0) is 19.2. The third-order valence-corrected chi connectivity index (χ3v) is 4.81. The summed E-state index contributed by atoms with van der Waals surface area (Å²) in [4.78, 5) is 26.4. The Balaban J connectivity index is 1.56. The molecule has 1 amide bonds. The van der Waals surface area contributed by atoms with Crippen molar-refractivity contribution in [2.45, 2.75) is 25.8 Å². The highest BCUT2D eigenvalue weighted by molar-refractivity contribution is 5.98. The van der Waals surface area contributed by atoms with Crippen molar-refractivity contribution in [3.63, 3.8) is 0 Å². The predicted molar refractivity (Wildman–Crippen MR) is 105 cm³/mol. The third-order valence-electron chi connectivity index (χ3n) is 4.81. The minimum atomic E-state index is -0.159. The molecule has 4 heteroatoms. The van der Waals surface area contributed by atoms with Gasteiger partial charge >= 0.3 is 0 Å². The zero-order valence-corrected chi connectivity index (χ0v) is 15.6. The summed E-state index contributed by atoms with van der Waals surface area (Å²) < 4.78 is 5.35. The topological polar surface area (TPSA) is 50.5 Å². The lowest BCUT2D eigenvalue weighted by Crippen LogP contribution is -2.29. The molecular weight excluding hydrogens is 338 g/mol. The first kappa shape index (κ1) is 18.6. The van der Waals surface area contributed by atoms with Crippen LogP contribution in [0.1, 0.15) is 41.9 Å². The van der Waals surface area contributed by atoms with Gasteiger partial charge < -0.3 is 9.32 Å². The van der Waals surface area contributed by atoms with E-state index in [1.165, 1.54) is 0 Å². The fraction of sp³-hybridized carbons (Fsp3) is 0.217. The van der Waals surface area contributed by atoms with Gasteiger partial charge in [-0.1, -0.05) is 54.6 Å². The molecule has 1 heterocycles. The molecule has 0 bridgehead atoms. The SMILES string of the molecule is CC(c1ccco1)N(C)C(=O)CCC(=O)c1ccc(-c2ccccc2)cc1. The van der Waals surface area contributed by atoms with Crippen molar-refractivity contribution in [3.8, 4) is 11.1 Å². The Hall–Kier alpha value is -3.14. The first-order valence-corrected chi connectivity index (χ1v) is 9.04. The number of Topliss-reactive ketones (excluding diaryl/α,β-unsaturated/α-hetero) is 1. The summed E-state index contributed by atoms with van der Waals surface area (Å²) in [5, 5.41) is 0. The van der Waals surface area contributed by atoms with Gasteiger partial charge in [0.25, 0.3) is 0 Å². The van der Waals surface area contributed by atoms with Crippen LogP contribution in [0.5, 0.6) is 0 Å². The van der Waals surface area contributed by atoms with Crippen LogP contribution in [0.2, 0.25) is 0 Å². The molecule has 27 heavy (non-hydrogen) atoms. The molecular formula is C23H23NO3. The van der Waals surface area contributed by atoms with Crippen molar-refractivity contribution in [2.24, 2.45) is 0 Å². The average Bonchev–Trinajstić information content (AvgIpc) is 3.26. The van der Waals surface area contributed by atoms with E-state index in [1.807, 2.05) is 67.6 Å². The second-order valence-corrected chi connectivity index (χ2v) is 6.56. The van der Waals surface area contributed by atoms with E-state index in [0.717, 1.165) is 16.9 Å². The lowest BCUT2D eigenvalue weighted by Gasteiger charge is -2.23. The average molecular weight is 361 g/mol. The van der Waals surface area contributed by atoms with E-state index < -0.39 is 0 Å². The minimum absolute atomic E-state index is 0.0259. The molecule has 3 rings (SSSR count). The molecule has 1 unspecified atom stereocenters. The highest BCUT2D eigenvalue weighted by Gasteiger charge is 2.20. The van der Waals surface area contributed by atoms with Crippen LogP contribution in [0.15, 0.2) is 77.4 Å².